The number of rotatable bonds is 0. The van der Waals surface area contributed by atoms with Gasteiger partial charge in [0.2, 0.25) is 0 Å². The predicted octanol–water partition coefficient (Wildman–Crippen LogP) is 5.65. The van der Waals surface area contributed by atoms with Gasteiger partial charge >= 0.3 is 0 Å². The Morgan fingerprint density at radius 1 is 0.952 bits per heavy atom. The van der Waals surface area contributed by atoms with Crippen LogP contribution in [0.4, 0.5) is 0 Å². The number of allylic oxidation sites excluding steroid dienone is 2. The van der Waals surface area contributed by atoms with Gasteiger partial charge in [-0.05, 0) is 44.7 Å². The van der Waals surface area contributed by atoms with Crippen LogP contribution in [-0.2, 0) is 11.8 Å². The van der Waals surface area contributed by atoms with E-state index in [0.717, 1.165) is 6.42 Å². The molecule has 1 heterocycles. The summed E-state index contributed by atoms with van der Waals surface area (Å²) in [5.41, 5.74) is 8.09. The number of hydrogen-bond acceptors (Lipinski definition) is 0. The first-order valence-electron chi connectivity index (χ1n) is 8.45. The molecule has 1 aromatic heterocycles. The standard InChI is InChI=1S/C20H25N/c1-14-12-18-19(16-8-4-5-9-17(16)21-18)20(13-15(14)2)10-6-3-7-11-20/h4-5,8-9,21H,3,6-7,10-13H2,1-2H3. The van der Waals surface area contributed by atoms with Crippen LogP contribution in [0.2, 0.25) is 0 Å². The zero-order chi connectivity index (χ0) is 14.4. The highest BCUT2D eigenvalue weighted by Gasteiger charge is 2.39. The third-order valence-corrected chi connectivity index (χ3v) is 5.90. The SMILES string of the molecule is CC1=C(C)CC2(CCCCC2)c2c([nH]c3ccccc23)C1. The molecule has 110 valence electrons. The summed E-state index contributed by atoms with van der Waals surface area (Å²) in [6.45, 7) is 4.69. The lowest BCUT2D eigenvalue weighted by atomic mass is 9.66. The van der Waals surface area contributed by atoms with Crippen molar-refractivity contribution in [2.24, 2.45) is 0 Å². The number of nitrogens with one attached hydrogen (secondary N) is 1. The predicted molar refractivity (Wildman–Crippen MR) is 89.8 cm³/mol. The lowest BCUT2D eigenvalue weighted by molar-refractivity contribution is 0.292. The minimum atomic E-state index is 0.398. The van der Waals surface area contributed by atoms with Crippen molar-refractivity contribution in [3.63, 3.8) is 0 Å². The summed E-state index contributed by atoms with van der Waals surface area (Å²) >= 11 is 0. The molecule has 0 bridgehead atoms. The Bertz CT molecular complexity index is 711. The van der Waals surface area contributed by atoms with Crippen molar-refractivity contribution in [3.8, 4) is 0 Å². The molecule has 2 aliphatic rings. The number of para-hydroxylation sites is 1. The summed E-state index contributed by atoms with van der Waals surface area (Å²) in [6.07, 6.45) is 9.32. The third-order valence-electron chi connectivity index (χ3n) is 5.90. The molecule has 2 aromatic rings. The molecular formula is C20H25N. The molecular weight excluding hydrogens is 254 g/mol. The second-order valence-corrected chi connectivity index (χ2v) is 7.28. The molecule has 1 saturated carbocycles. The van der Waals surface area contributed by atoms with Crippen LogP contribution in [0.5, 0.6) is 0 Å². The lowest BCUT2D eigenvalue weighted by Gasteiger charge is -2.38. The van der Waals surface area contributed by atoms with Crippen molar-refractivity contribution in [1.29, 1.82) is 0 Å². The van der Waals surface area contributed by atoms with Crippen molar-refractivity contribution in [3.05, 3.63) is 46.7 Å². The van der Waals surface area contributed by atoms with Crippen LogP contribution in [0, 0.1) is 0 Å². The molecule has 0 radical (unpaired) electrons. The fourth-order valence-corrected chi connectivity index (χ4v) is 4.75. The quantitative estimate of drug-likeness (QED) is 0.599. The van der Waals surface area contributed by atoms with Gasteiger partial charge < -0.3 is 4.98 Å². The van der Waals surface area contributed by atoms with E-state index in [-0.39, 0.29) is 0 Å². The average Bonchev–Trinajstić information content (AvgIpc) is 2.82. The van der Waals surface area contributed by atoms with Crippen molar-refractivity contribution in [1.82, 2.24) is 4.98 Å². The van der Waals surface area contributed by atoms with Gasteiger partial charge in [0.1, 0.15) is 0 Å². The normalized spacial score (nSPS) is 21.6. The monoisotopic (exact) mass is 279 g/mol. The fraction of sp³-hybridized carbons (Fsp3) is 0.500. The number of benzene rings is 1. The summed E-state index contributed by atoms with van der Waals surface area (Å²) in [7, 11) is 0. The van der Waals surface area contributed by atoms with Crippen LogP contribution >= 0.6 is 0 Å². The smallest absolute Gasteiger partial charge is 0.0459 e. The van der Waals surface area contributed by atoms with Crippen LogP contribution in [-0.4, -0.2) is 4.98 Å². The minimum absolute atomic E-state index is 0.398. The molecule has 0 amide bonds. The number of aromatic amines is 1. The van der Waals surface area contributed by atoms with E-state index in [1.165, 1.54) is 55.1 Å². The first-order valence-corrected chi connectivity index (χ1v) is 8.45. The Morgan fingerprint density at radius 3 is 2.52 bits per heavy atom. The molecule has 0 atom stereocenters. The molecule has 21 heavy (non-hydrogen) atoms. The second kappa shape index (κ2) is 4.76. The minimum Gasteiger partial charge on any atom is -0.358 e. The van der Waals surface area contributed by atoms with Crippen molar-refractivity contribution < 1.29 is 0 Å². The van der Waals surface area contributed by atoms with Gasteiger partial charge in [0.15, 0.2) is 0 Å². The van der Waals surface area contributed by atoms with Gasteiger partial charge in [-0.1, -0.05) is 48.6 Å². The highest BCUT2D eigenvalue weighted by molar-refractivity contribution is 5.86. The zero-order valence-corrected chi connectivity index (χ0v) is 13.3. The number of H-pyrrole nitrogens is 1. The molecule has 1 heteroatoms. The molecule has 2 aliphatic carbocycles. The maximum atomic E-state index is 3.74. The van der Waals surface area contributed by atoms with E-state index in [4.69, 9.17) is 0 Å². The third kappa shape index (κ3) is 1.97. The lowest BCUT2D eigenvalue weighted by Crippen LogP contribution is -2.29. The van der Waals surface area contributed by atoms with E-state index in [2.05, 4.69) is 43.1 Å². The molecule has 0 aliphatic heterocycles. The van der Waals surface area contributed by atoms with Crippen LogP contribution in [0.15, 0.2) is 35.4 Å². The van der Waals surface area contributed by atoms with Gasteiger partial charge in [-0.15, -0.1) is 0 Å². The van der Waals surface area contributed by atoms with Gasteiger partial charge in [-0.3, -0.25) is 0 Å². The number of fused-ring (bicyclic) bond motifs is 4. The molecule has 1 fully saturated rings. The van der Waals surface area contributed by atoms with E-state index < -0.39 is 0 Å². The highest BCUT2D eigenvalue weighted by atomic mass is 14.7. The summed E-state index contributed by atoms with van der Waals surface area (Å²) in [4.78, 5) is 3.74. The Hall–Kier alpha value is -1.50. The molecule has 0 saturated heterocycles. The number of aromatic nitrogens is 1. The highest BCUT2D eigenvalue weighted by Crippen LogP contribution is 2.50. The van der Waals surface area contributed by atoms with E-state index in [1.54, 1.807) is 16.7 Å². The summed E-state index contributed by atoms with van der Waals surface area (Å²) < 4.78 is 0. The molecule has 1 N–H and O–H groups in total. The van der Waals surface area contributed by atoms with E-state index >= 15 is 0 Å². The topological polar surface area (TPSA) is 15.8 Å². The summed E-state index contributed by atoms with van der Waals surface area (Å²) in [5.74, 6) is 0. The van der Waals surface area contributed by atoms with Crippen molar-refractivity contribution in [2.75, 3.05) is 0 Å². The molecule has 1 nitrogen and oxygen atoms in total. The molecule has 4 rings (SSSR count). The van der Waals surface area contributed by atoms with Crippen LogP contribution in [0.3, 0.4) is 0 Å². The van der Waals surface area contributed by atoms with Gasteiger partial charge in [0.05, 0.1) is 0 Å². The van der Waals surface area contributed by atoms with Gasteiger partial charge in [0, 0.05) is 28.4 Å². The first-order chi connectivity index (χ1) is 10.2. The second-order valence-electron chi connectivity index (χ2n) is 7.28. The Kier molecular flexibility index (Phi) is 2.99. The largest absolute Gasteiger partial charge is 0.358 e. The molecule has 1 aromatic carbocycles. The van der Waals surface area contributed by atoms with Gasteiger partial charge in [-0.25, -0.2) is 0 Å². The maximum absolute atomic E-state index is 3.74. The van der Waals surface area contributed by atoms with Gasteiger partial charge in [-0.2, -0.15) is 0 Å². The Morgan fingerprint density at radius 2 is 1.71 bits per heavy atom. The maximum Gasteiger partial charge on any atom is 0.0459 e. The van der Waals surface area contributed by atoms with Crippen molar-refractivity contribution >= 4 is 10.9 Å². The zero-order valence-electron chi connectivity index (χ0n) is 13.3. The van der Waals surface area contributed by atoms with E-state index in [9.17, 15) is 0 Å². The Balaban J connectivity index is 1.99. The summed E-state index contributed by atoms with van der Waals surface area (Å²) in [6, 6.07) is 8.92. The Labute approximate surface area is 127 Å². The summed E-state index contributed by atoms with van der Waals surface area (Å²) in [5, 5.41) is 1.48. The van der Waals surface area contributed by atoms with Crippen molar-refractivity contribution in [2.45, 2.75) is 64.2 Å². The van der Waals surface area contributed by atoms with E-state index in [0.29, 0.717) is 5.41 Å². The molecule has 1 spiro atoms. The first kappa shape index (κ1) is 13.2. The molecule has 0 unspecified atom stereocenters. The van der Waals surface area contributed by atoms with Crippen LogP contribution in [0.25, 0.3) is 10.9 Å². The van der Waals surface area contributed by atoms with E-state index in [1.807, 2.05) is 0 Å². The van der Waals surface area contributed by atoms with Crippen LogP contribution < -0.4 is 0 Å². The fourth-order valence-electron chi connectivity index (χ4n) is 4.75. The average molecular weight is 279 g/mol. The number of hydrogen-bond donors (Lipinski definition) is 1. The van der Waals surface area contributed by atoms with Crippen LogP contribution in [0.1, 0.15) is 63.6 Å². The van der Waals surface area contributed by atoms with Gasteiger partial charge in [0.25, 0.3) is 0 Å².